The standard InChI is InChI=1S/C15H24BrNO/c1-11-5-6-12(14(16)7-11)9-17-10-13(18)8-15(2,3)4/h5-7,13,17-18H,8-10H2,1-4H3. The summed E-state index contributed by atoms with van der Waals surface area (Å²) in [6, 6.07) is 6.33. The Kier molecular flexibility index (Phi) is 5.83. The second kappa shape index (κ2) is 6.69. The van der Waals surface area contributed by atoms with Crippen LogP contribution in [0.1, 0.15) is 38.3 Å². The molecule has 1 aromatic carbocycles. The highest BCUT2D eigenvalue weighted by Crippen LogP contribution is 2.21. The molecule has 0 fully saturated rings. The smallest absolute Gasteiger partial charge is 0.0669 e. The van der Waals surface area contributed by atoms with E-state index >= 15 is 0 Å². The molecule has 1 rings (SSSR count). The Balaban J connectivity index is 2.37. The van der Waals surface area contributed by atoms with Crippen LogP contribution in [0.15, 0.2) is 22.7 Å². The summed E-state index contributed by atoms with van der Waals surface area (Å²) in [5.41, 5.74) is 2.65. The lowest BCUT2D eigenvalue weighted by Crippen LogP contribution is -2.29. The number of hydrogen-bond donors (Lipinski definition) is 2. The molecule has 2 nitrogen and oxygen atoms in total. The number of benzene rings is 1. The van der Waals surface area contributed by atoms with Crippen LogP contribution in [0.4, 0.5) is 0 Å². The lowest BCUT2D eigenvalue weighted by atomic mass is 9.89. The van der Waals surface area contributed by atoms with Crippen LogP contribution in [-0.2, 0) is 6.54 Å². The van der Waals surface area contributed by atoms with E-state index in [4.69, 9.17) is 0 Å². The Morgan fingerprint density at radius 3 is 2.56 bits per heavy atom. The molecule has 0 aromatic heterocycles. The molecule has 1 aromatic rings. The first-order valence-corrected chi connectivity index (χ1v) is 7.21. The predicted octanol–water partition coefficient (Wildman–Crippen LogP) is 3.64. The van der Waals surface area contributed by atoms with Gasteiger partial charge in [-0.05, 0) is 36.0 Å². The van der Waals surface area contributed by atoms with E-state index in [-0.39, 0.29) is 11.5 Å². The summed E-state index contributed by atoms with van der Waals surface area (Å²) in [6.07, 6.45) is 0.531. The second-order valence-corrected chi connectivity index (χ2v) is 7.00. The molecule has 0 saturated heterocycles. The first-order chi connectivity index (χ1) is 8.28. The maximum absolute atomic E-state index is 9.90. The highest BCUT2D eigenvalue weighted by molar-refractivity contribution is 9.10. The maximum atomic E-state index is 9.90. The van der Waals surface area contributed by atoms with E-state index in [2.05, 4.69) is 67.1 Å². The summed E-state index contributed by atoms with van der Waals surface area (Å²) in [5.74, 6) is 0. The molecule has 1 atom stereocenters. The van der Waals surface area contributed by atoms with Crippen molar-refractivity contribution in [3.63, 3.8) is 0 Å². The minimum atomic E-state index is -0.283. The third kappa shape index (κ3) is 5.98. The summed E-state index contributed by atoms with van der Waals surface area (Å²) < 4.78 is 1.13. The average Bonchev–Trinajstić information content (AvgIpc) is 2.18. The molecule has 0 saturated carbocycles. The summed E-state index contributed by atoms with van der Waals surface area (Å²) in [4.78, 5) is 0. The zero-order valence-corrected chi connectivity index (χ0v) is 13.3. The molecule has 18 heavy (non-hydrogen) atoms. The third-order valence-corrected chi connectivity index (χ3v) is 3.49. The van der Waals surface area contributed by atoms with Crippen LogP contribution in [-0.4, -0.2) is 17.8 Å². The summed E-state index contributed by atoms with van der Waals surface area (Å²) in [6.45, 7) is 9.93. The van der Waals surface area contributed by atoms with Gasteiger partial charge in [-0.25, -0.2) is 0 Å². The van der Waals surface area contributed by atoms with E-state index < -0.39 is 0 Å². The lowest BCUT2D eigenvalue weighted by molar-refractivity contribution is 0.119. The molecule has 0 aliphatic carbocycles. The number of rotatable bonds is 5. The number of aliphatic hydroxyl groups is 1. The van der Waals surface area contributed by atoms with Gasteiger partial charge < -0.3 is 10.4 Å². The molecular weight excluding hydrogens is 290 g/mol. The predicted molar refractivity (Wildman–Crippen MR) is 80.7 cm³/mol. The summed E-state index contributed by atoms with van der Waals surface area (Å²) >= 11 is 3.56. The number of hydrogen-bond acceptors (Lipinski definition) is 2. The van der Waals surface area contributed by atoms with Gasteiger partial charge in [0.1, 0.15) is 0 Å². The summed E-state index contributed by atoms with van der Waals surface area (Å²) in [5, 5.41) is 13.2. The largest absolute Gasteiger partial charge is 0.392 e. The number of nitrogens with one attached hydrogen (secondary N) is 1. The number of aryl methyl sites for hydroxylation is 1. The van der Waals surface area contributed by atoms with Gasteiger partial charge in [-0.1, -0.05) is 48.8 Å². The Bertz CT molecular complexity index is 385. The number of halogens is 1. The minimum absolute atomic E-state index is 0.172. The van der Waals surface area contributed by atoms with Crippen molar-refractivity contribution in [3.8, 4) is 0 Å². The van der Waals surface area contributed by atoms with Crippen molar-refractivity contribution in [3.05, 3.63) is 33.8 Å². The van der Waals surface area contributed by atoms with Gasteiger partial charge in [-0.3, -0.25) is 0 Å². The average molecular weight is 314 g/mol. The van der Waals surface area contributed by atoms with Crippen molar-refractivity contribution in [1.82, 2.24) is 5.32 Å². The van der Waals surface area contributed by atoms with Crippen molar-refractivity contribution in [2.24, 2.45) is 5.41 Å². The van der Waals surface area contributed by atoms with Gasteiger partial charge in [0.15, 0.2) is 0 Å². The molecule has 2 N–H and O–H groups in total. The Labute approximate surface area is 119 Å². The molecular formula is C15H24BrNO. The van der Waals surface area contributed by atoms with Crippen molar-refractivity contribution < 1.29 is 5.11 Å². The van der Waals surface area contributed by atoms with Gasteiger partial charge in [-0.2, -0.15) is 0 Å². The van der Waals surface area contributed by atoms with Crippen molar-refractivity contribution in [1.29, 1.82) is 0 Å². The quantitative estimate of drug-likeness (QED) is 0.869. The van der Waals surface area contributed by atoms with Crippen LogP contribution in [0.25, 0.3) is 0 Å². The number of aliphatic hydroxyl groups excluding tert-OH is 1. The van der Waals surface area contributed by atoms with Crippen LogP contribution < -0.4 is 5.32 Å². The van der Waals surface area contributed by atoms with Crippen LogP contribution in [0.2, 0.25) is 0 Å². The maximum Gasteiger partial charge on any atom is 0.0669 e. The molecule has 0 aliphatic heterocycles. The van der Waals surface area contributed by atoms with Gasteiger partial charge in [0, 0.05) is 17.6 Å². The summed E-state index contributed by atoms with van der Waals surface area (Å²) in [7, 11) is 0. The topological polar surface area (TPSA) is 32.3 Å². The molecule has 0 radical (unpaired) electrons. The first-order valence-electron chi connectivity index (χ1n) is 6.42. The van der Waals surface area contributed by atoms with E-state index in [1.807, 2.05) is 0 Å². The van der Waals surface area contributed by atoms with E-state index in [1.165, 1.54) is 11.1 Å². The SMILES string of the molecule is Cc1ccc(CNCC(O)CC(C)(C)C)c(Br)c1. The van der Waals surface area contributed by atoms with Crippen molar-refractivity contribution in [2.75, 3.05) is 6.54 Å². The fraction of sp³-hybridized carbons (Fsp3) is 0.600. The second-order valence-electron chi connectivity index (χ2n) is 6.14. The van der Waals surface area contributed by atoms with Gasteiger partial charge >= 0.3 is 0 Å². The van der Waals surface area contributed by atoms with Gasteiger partial charge in [-0.15, -0.1) is 0 Å². The van der Waals surface area contributed by atoms with E-state index in [1.54, 1.807) is 0 Å². The molecule has 1 unspecified atom stereocenters. The zero-order chi connectivity index (χ0) is 13.8. The van der Waals surface area contributed by atoms with Crippen molar-refractivity contribution >= 4 is 15.9 Å². The van der Waals surface area contributed by atoms with Crippen LogP contribution >= 0.6 is 15.9 Å². The van der Waals surface area contributed by atoms with Gasteiger partial charge in [0.25, 0.3) is 0 Å². The normalized spacial score (nSPS) is 13.7. The fourth-order valence-electron chi connectivity index (χ4n) is 1.95. The molecule has 0 bridgehead atoms. The monoisotopic (exact) mass is 313 g/mol. The van der Waals surface area contributed by atoms with Gasteiger partial charge in [0.05, 0.1) is 6.10 Å². The van der Waals surface area contributed by atoms with E-state index in [0.717, 1.165) is 17.4 Å². The van der Waals surface area contributed by atoms with Crippen LogP contribution in [0.3, 0.4) is 0 Å². The molecule has 0 amide bonds. The highest BCUT2D eigenvalue weighted by Gasteiger charge is 2.16. The van der Waals surface area contributed by atoms with Crippen LogP contribution in [0, 0.1) is 12.3 Å². The van der Waals surface area contributed by atoms with E-state index in [0.29, 0.717) is 6.54 Å². The minimum Gasteiger partial charge on any atom is -0.392 e. The molecule has 102 valence electrons. The molecule has 0 aliphatic rings. The molecule has 3 heteroatoms. The first kappa shape index (κ1) is 15.7. The molecule has 0 spiro atoms. The molecule has 0 heterocycles. The zero-order valence-electron chi connectivity index (χ0n) is 11.8. The Morgan fingerprint density at radius 1 is 1.33 bits per heavy atom. The third-order valence-electron chi connectivity index (χ3n) is 2.75. The Morgan fingerprint density at radius 2 is 2.00 bits per heavy atom. The Hall–Kier alpha value is -0.380. The van der Waals surface area contributed by atoms with Crippen LogP contribution in [0.5, 0.6) is 0 Å². The van der Waals surface area contributed by atoms with Gasteiger partial charge in [0.2, 0.25) is 0 Å². The van der Waals surface area contributed by atoms with Crippen molar-refractivity contribution in [2.45, 2.75) is 46.8 Å². The fourth-order valence-corrected chi connectivity index (χ4v) is 2.58. The lowest BCUT2D eigenvalue weighted by Gasteiger charge is -2.22. The van der Waals surface area contributed by atoms with E-state index in [9.17, 15) is 5.11 Å². The highest BCUT2D eigenvalue weighted by atomic mass is 79.9.